The minimum absolute atomic E-state index is 0.128. The first-order valence-electron chi connectivity index (χ1n) is 7.53. The first kappa shape index (κ1) is 15.3. The zero-order valence-electron chi connectivity index (χ0n) is 12.7. The van der Waals surface area contributed by atoms with Crippen molar-refractivity contribution in [1.82, 2.24) is 9.88 Å². The highest BCUT2D eigenvalue weighted by atomic mass is 32.1. The monoisotopic (exact) mass is 316 g/mol. The quantitative estimate of drug-likeness (QED) is 0.796. The number of aromatic nitrogens is 1. The maximum absolute atomic E-state index is 12.4. The number of ketones is 1. The van der Waals surface area contributed by atoms with E-state index in [1.54, 1.807) is 11.3 Å². The number of Topliss-reactive ketones (excluding diaryl/α,β-unsaturated/α-hetero) is 1. The molecule has 0 bridgehead atoms. The number of carbonyl (C=O) groups excluding carboxylic acids is 1. The first-order valence-corrected chi connectivity index (χ1v) is 8.41. The van der Waals surface area contributed by atoms with Gasteiger partial charge in [-0.3, -0.25) is 9.69 Å². The van der Waals surface area contributed by atoms with Gasteiger partial charge in [-0.15, -0.1) is 11.3 Å². The predicted molar refractivity (Wildman–Crippen MR) is 87.3 cm³/mol. The maximum atomic E-state index is 12.4. The topological polar surface area (TPSA) is 42.4 Å². The molecule has 5 heteroatoms. The molecule has 0 unspecified atom stereocenters. The highest BCUT2D eigenvalue weighted by molar-refractivity contribution is 7.09. The third kappa shape index (κ3) is 3.80. The second-order valence-corrected chi connectivity index (χ2v) is 6.61. The van der Waals surface area contributed by atoms with Crippen molar-refractivity contribution in [1.29, 1.82) is 0 Å². The van der Waals surface area contributed by atoms with Crippen molar-refractivity contribution in [3.05, 3.63) is 52.0 Å². The van der Waals surface area contributed by atoms with Crippen LogP contribution in [0.1, 0.15) is 27.5 Å². The van der Waals surface area contributed by atoms with E-state index in [9.17, 15) is 4.79 Å². The molecule has 0 spiro atoms. The summed E-state index contributed by atoms with van der Waals surface area (Å²) in [7, 11) is 0. The van der Waals surface area contributed by atoms with Gasteiger partial charge in [0.1, 0.15) is 0 Å². The summed E-state index contributed by atoms with van der Waals surface area (Å²) in [6.07, 6.45) is 0.493. The molecular formula is C17H20N2O2S. The van der Waals surface area contributed by atoms with Crippen molar-refractivity contribution in [2.75, 3.05) is 19.8 Å². The third-order valence-corrected chi connectivity index (χ3v) is 4.72. The molecule has 116 valence electrons. The first-order chi connectivity index (χ1) is 10.7. The molecule has 0 radical (unpaired) electrons. The number of thiazole rings is 1. The molecule has 3 rings (SSSR count). The van der Waals surface area contributed by atoms with Gasteiger partial charge in [0.25, 0.3) is 0 Å². The minimum atomic E-state index is 0.128. The zero-order chi connectivity index (χ0) is 15.4. The van der Waals surface area contributed by atoms with Gasteiger partial charge >= 0.3 is 0 Å². The number of carbonyl (C=O) groups is 1. The Hall–Kier alpha value is -1.56. The molecule has 1 aromatic carbocycles. The molecule has 0 saturated carbocycles. The van der Waals surface area contributed by atoms with Gasteiger partial charge in [0, 0.05) is 36.5 Å². The largest absolute Gasteiger partial charge is 0.378 e. The lowest BCUT2D eigenvalue weighted by atomic mass is 10.0. The molecule has 1 saturated heterocycles. The van der Waals surface area contributed by atoms with Crippen LogP contribution in [0.4, 0.5) is 0 Å². The number of nitrogens with zero attached hydrogens (tertiary/aromatic N) is 2. The number of hydrogen-bond acceptors (Lipinski definition) is 5. The van der Waals surface area contributed by atoms with Gasteiger partial charge < -0.3 is 4.74 Å². The molecule has 1 aliphatic heterocycles. The Balaban J connectivity index is 1.66. The van der Waals surface area contributed by atoms with Gasteiger partial charge in [-0.1, -0.05) is 30.3 Å². The number of morpholine rings is 1. The summed E-state index contributed by atoms with van der Waals surface area (Å²) in [6, 6.07) is 9.61. The van der Waals surface area contributed by atoms with Crippen molar-refractivity contribution in [3.8, 4) is 0 Å². The van der Waals surface area contributed by atoms with E-state index in [0.717, 1.165) is 36.0 Å². The Kier molecular flexibility index (Phi) is 4.97. The Bertz CT molecular complexity index is 627. The van der Waals surface area contributed by atoms with Crippen molar-refractivity contribution < 1.29 is 9.53 Å². The van der Waals surface area contributed by atoms with Crippen molar-refractivity contribution in [3.63, 3.8) is 0 Å². The summed E-state index contributed by atoms with van der Waals surface area (Å²) in [5, 5.41) is 3.18. The van der Waals surface area contributed by atoms with E-state index in [-0.39, 0.29) is 11.8 Å². The average molecular weight is 316 g/mol. The molecule has 1 aromatic heterocycles. The molecule has 4 nitrogen and oxygen atoms in total. The fraction of sp³-hybridized carbons (Fsp3) is 0.412. The number of benzene rings is 1. The lowest BCUT2D eigenvalue weighted by molar-refractivity contribution is -0.0130. The van der Waals surface area contributed by atoms with Crippen molar-refractivity contribution in [2.24, 2.45) is 0 Å². The van der Waals surface area contributed by atoms with Crippen molar-refractivity contribution in [2.45, 2.75) is 25.9 Å². The molecule has 2 aromatic rings. The molecule has 22 heavy (non-hydrogen) atoms. The fourth-order valence-corrected chi connectivity index (χ4v) is 3.33. The molecule has 0 amide bonds. The smallest absolute Gasteiger partial charge is 0.164 e. The second kappa shape index (κ2) is 7.13. The van der Waals surface area contributed by atoms with E-state index in [0.29, 0.717) is 13.0 Å². The van der Waals surface area contributed by atoms with Crippen LogP contribution in [0, 0.1) is 6.92 Å². The number of aryl methyl sites for hydroxylation is 1. The Morgan fingerprint density at radius 1 is 1.41 bits per heavy atom. The Morgan fingerprint density at radius 2 is 2.23 bits per heavy atom. The van der Waals surface area contributed by atoms with Gasteiger partial charge in [-0.05, 0) is 6.92 Å². The molecule has 2 heterocycles. The zero-order valence-corrected chi connectivity index (χ0v) is 13.5. The van der Waals surface area contributed by atoms with E-state index in [2.05, 4.69) is 15.3 Å². The Morgan fingerprint density at radius 3 is 2.95 bits per heavy atom. The van der Waals surface area contributed by atoms with Gasteiger partial charge in [0.2, 0.25) is 0 Å². The van der Waals surface area contributed by atoms with Crippen molar-refractivity contribution >= 4 is 17.1 Å². The van der Waals surface area contributed by atoms with E-state index in [1.807, 2.05) is 37.3 Å². The van der Waals surface area contributed by atoms with Gasteiger partial charge in [0.05, 0.1) is 23.9 Å². The van der Waals surface area contributed by atoms with Crippen LogP contribution in [0.2, 0.25) is 0 Å². The predicted octanol–water partition coefficient (Wildman–Crippen LogP) is 2.93. The number of hydrogen-bond donors (Lipinski definition) is 0. The molecule has 0 aliphatic carbocycles. The van der Waals surface area contributed by atoms with Crippen LogP contribution >= 0.6 is 11.3 Å². The second-order valence-electron chi connectivity index (χ2n) is 5.55. The maximum Gasteiger partial charge on any atom is 0.164 e. The van der Waals surface area contributed by atoms with Crippen LogP contribution in [-0.4, -0.2) is 41.5 Å². The lowest BCUT2D eigenvalue weighted by Gasteiger charge is -2.34. The summed E-state index contributed by atoms with van der Waals surface area (Å²) in [6.45, 7) is 4.99. The van der Waals surface area contributed by atoms with Crippen LogP contribution in [0.3, 0.4) is 0 Å². The summed E-state index contributed by atoms with van der Waals surface area (Å²) in [5.41, 5.74) is 1.86. The normalized spacial score (nSPS) is 19.2. The van der Waals surface area contributed by atoms with Gasteiger partial charge in [-0.25, -0.2) is 4.98 Å². The summed E-state index contributed by atoms with van der Waals surface area (Å²) < 4.78 is 5.58. The van der Waals surface area contributed by atoms with Crippen LogP contribution in [-0.2, 0) is 11.3 Å². The highest BCUT2D eigenvalue weighted by Crippen LogP contribution is 2.18. The Labute approximate surface area is 134 Å². The summed E-state index contributed by atoms with van der Waals surface area (Å²) in [5.74, 6) is 0.176. The highest BCUT2D eigenvalue weighted by Gasteiger charge is 2.26. The molecule has 1 aliphatic rings. The number of rotatable bonds is 5. The summed E-state index contributed by atoms with van der Waals surface area (Å²) >= 11 is 1.67. The molecule has 1 fully saturated rings. The van der Waals surface area contributed by atoms with Crippen LogP contribution in [0.5, 0.6) is 0 Å². The lowest BCUT2D eigenvalue weighted by Crippen LogP contribution is -2.45. The standard InChI is InChI=1S/C17H20N2O2S/c1-13-18-15(12-22-13)10-19-7-8-21-11-16(19)9-17(20)14-5-3-2-4-6-14/h2-6,12,16H,7-11H2,1H3/t16-/m0/s1. The fourth-order valence-electron chi connectivity index (χ4n) is 2.73. The molecule has 1 atom stereocenters. The number of ether oxygens (including phenoxy) is 1. The third-order valence-electron chi connectivity index (χ3n) is 3.90. The van der Waals surface area contributed by atoms with Crippen LogP contribution in [0.25, 0.3) is 0 Å². The van der Waals surface area contributed by atoms with E-state index < -0.39 is 0 Å². The molecular weight excluding hydrogens is 296 g/mol. The average Bonchev–Trinajstić information content (AvgIpc) is 2.95. The van der Waals surface area contributed by atoms with E-state index in [4.69, 9.17) is 4.74 Å². The van der Waals surface area contributed by atoms with Gasteiger partial charge in [-0.2, -0.15) is 0 Å². The van der Waals surface area contributed by atoms with Crippen LogP contribution in [0.15, 0.2) is 35.7 Å². The van der Waals surface area contributed by atoms with E-state index >= 15 is 0 Å². The molecule has 0 N–H and O–H groups in total. The summed E-state index contributed by atoms with van der Waals surface area (Å²) in [4.78, 5) is 19.3. The SMILES string of the molecule is Cc1nc(CN2CCOC[C@@H]2CC(=O)c2ccccc2)cs1. The minimum Gasteiger partial charge on any atom is -0.378 e. The van der Waals surface area contributed by atoms with Gasteiger partial charge in [0.15, 0.2) is 5.78 Å². The van der Waals surface area contributed by atoms with Crippen LogP contribution < -0.4 is 0 Å². The van der Waals surface area contributed by atoms with E-state index in [1.165, 1.54) is 0 Å².